The minimum Gasteiger partial charge on any atom is -0.481 e. The van der Waals surface area contributed by atoms with Crippen LogP contribution in [-0.2, 0) is 27.3 Å². The molecular weight excluding hydrogens is 409 g/mol. The van der Waals surface area contributed by atoms with Crippen LogP contribution in [0.2, 0.25) is 0 Å². The fourth-order valence-corrected chi connectivity index (χ4v) is 4.61. The number of carboxylic acid groups (broad SMARTS) is 1. The average Bonchev–Trinajstić information content (AvgIpc) is 3.43. The van der Waals surface area contributed by atoms with E-state index in [2.05, 4.69) is 4.90 Å². The normalized spacial score (nSPS) is 16.6. The van der Waals surface area contributed by atoms with Gasteiger partial charge in [0.05, 0.1) is 6.04 Å². The fourth-order valence-electron chi connectivity index (χ4n) is 3.56. The third-order valence-corrected chi connectivity index (χ3v) is 6.05. The van der Waals surface area contributed by atoms with Gasteiger partial charge < -0.3 is 9.84 Å². The second-order valence-corrected chi connectivity index (χ2v) is 8.55. The van der Waals surface area contributed by atoms with Crippen molar-refractivity contribution in [1.29, 1.82) is 0 Å². The van der Waals surface area contributed by atoms with Gasteiger partial charge in [-0.05, 0) is 37.0 Å². The first-order chi connectivity index (χ1) is 14.3. The van der Waals surface area contributed by atoms with E-state index in [4.69, 9.17) is 14.6 Å². The second kappa shape index (κ2) is 9.49. The largest absolute Gasteiger partial charge is 0.481 e. The number of rotatable bonds is 5. The number of Topliss-reactive ketones (excluding diaryl/α,β-unsaturated/α-hetero) is 1. The van der Waals surface area contributed by atoms with Crippen LogP contribution in [-0.4, -0.2) is 34.3 Å². The number of carbonyl (C=O) groups excluding carboxylic acids is 2. The second-order valence-electron chi connectivity index (χ2n) is 7.45. The fraction of sp³-hybridized carbons (Fsp3) is 0.409. The molecule has 2 aromatic rings. The van der Waals surface area contributed by atoms with Crippen LogP contribution in [0, 0.1) is 11.7 Å². The molecule has 1 saturated carbocycles. The first kappa shape index (κ1) is 22.1. The minimum atomic E-state index is -0.833. The van der Waals surface area contributed by atoms with E-state index in [-0.39, 0.29) is 23.5 Å². The molecule has 1 aliphatic heterocycles. The molecule has 8 heteroatoms. The molecule has 160 valence electrons. The van der Waals surface area contributed by atoms with Gasteiger partial charge in [0.25, 0.3) is 5.97 Å². The van der Waals surface area contributed by atoms with Crippen LogP contribution in [0.4, 0.5) is 4.39 Å². The monoisotopic (exact) mass is 433 g/mol. The van der Waals surface area contributed by atoms with E-state index in [0.29, 0.717) is 23.7 Å². The number of hydrogen-bond donors (Lipinski definition) is 1. The number of hydrogen-bond acceptors (Lipinski definition) is 6. The van der Waals surface area contributed by atoms with Crippen LogP contribution < -0.4 is 4.74 Å². The lowest BCUT2D eigenvalue weighted by Gasteiger charge is -2.34. The van der Waals surface area contributed by atoms with E-state index in [1.807, 2.05) is 6.07 Å². The first-order valence-corrected chi connectivity index (χ1v) is 10.6. The summed E-state index contributed by atoms with van der Waals surface area (Å²) in [6.45, 7) is 3.71. The summed E-state index contributed by atoms with van der Waals surface area (Å²) in [5, 5.41) is 8.00. The lowest BCUT2D eigenvalue weighted by atomic mass is 9.95. The number of ketones is 1. The van der Waals surface area contributed by atoms with Gasteiger partial charge in [-0.1, -0.05) is 18.2 Å². The smallest absolute Gasteiger partial charge is 0.308 e. The molecule has 0 amide bonds. The number of ether oxygens (including phenoxy) is 1. The van der Waals surface area contributed by atoms with Crippen LogP contribution in [0.15, 0.2) is 30.3 Å². The molecular formula is C22H24FNO5S. The van der Waals surface area contributed by atoms with Crippen molar-refractivity contribution in [3.8, 4) is 5.06 Å². The third-order valence-electron chi connectivity index (χ3n) is 4.93. The highest BCUT2D eigenvalue weighted by atomic mass is 32.1. The van der Waals surface area contributed by atoms with Crippen molar-refractivity contribution in [2.75, 3.05) is 6.54 Å². The standard InChI is InChI=1S/C20H20FNO3S.C2H4O2/c1-12(23)25-18-10-14-11-22(9-8-17(14)26-18)19(20(24)13-6-7-13)15-4-2-3-5-16(15)21;1-2(3)4/h2-5,10,13,19H,6-9,11H2,1H3;1H3,(H,3,4). The lowest BCUT2D eigenvalue weighted by molar-refractivity contribution is -0.134. The van der Waals surface area contributed by atoms with E-state index in [0.717, 1.165) is 31.7 Å². The maximum atomic E-state index is 14.4. The van der Waals surface area contributed by atoms with E-state index in [1.165, 1.54) is 29.2 Å². The average molecular weight is 434 g/mol. The number of aliphatic carboxylic acids is 1. The van der Waals surface area contributed by atoms with Gasteiger partial charge in [-0.2, -0.15) is 0 Å². The van der Waals surface area contributed by atoms with Crippen LogP contribution in [0.3, 0.4) is 0 Å². The zero-order valence-electron chi connectivity index (χ0n) is 16.9. The topological polar surface area (TPSA) is 83.9 Å². The summed E-state index contributed by atoms with van der Waals surface area (Å²) in [5.41, 5.74) is 1.52. The molecule has 1 aromatic heterocycles. The SMILES string of the molecule is CC(=O)O.CC(=O)Oc1cc2c(s1)CCN(C(C(=O)C1CC1)c1ccccc1F)C2. The molecule has 1 aliphatic carbocycles. The Balaban J connectivity index is 0.000000589. The van der Waals surface area contributed by atoms with Crippen LogP contribution in [0.25, 0.3) is 0 Å². The van der Waals surface area contributed by atoms with Crippen molar-refractivity contribution in [3.05, 3.63) is 52.2 Å². The molecule has 1 atom stereocenters. The van der Waals surface area contributed by atoms with Crippen molar-refractivity contribution in [3.63, 3.8) is 0 Å². The molecule has 4 rings (SSSR count). The van der Waals surface area contributed by atoms with Crippen molar-refractivity contribution < 1.29 is 28.6 Å². The predicted molar refractivity (Wildman–Crippen MR) is 110 cm³/mol. The molecule has 0 radical (unpaired) electrons. The van der Waals surface area contributed by atoms with Crippen LogP contribution >= 0.6 is 11.3 Å². The van der Waals surface area contributed by atoms with E-state index >= 15 is 0 Å². The maximum Gasteiger partial charge on any atom is 0.308 e. The number of thiophene rings is 1. The van der Waals surface area contributed by atoms with Gasteiger partial charge in [-0.15, -0.1) is 11.3 Å². The van der Waals surface area contributed by atoms with Gasteiger partial charge in [-0.3, -0.25) is 19.3 Å². The summed E-state index contributed by atoms with van der Waals surface area (Å²) < 4.78 is 19.6. The van der Waals surface area contributed by atoms with Crippen LogP contribution in [0.1, 0.15) is 48.7 Å². The van der Waals surface area contributed by atoms with Gasteiger partial charge in [0.15, 0.2) is 10.8 Å². The van der Waals surface area contributed by atoms with Crippen molar-refractivity contribution in [1.82, 2.24) is 4.90 Å². The molecule has 1 N–H and O–H groups in total. The molecule has 6 nitrogen and oxygen atoms in total. The number of nitrogens with zero attached hydrogens (tertiary/aromatic N) is 1. The minimum absolute atomic E-state index is 0.0556. The Kier molecular flexibility index (Phi) is 6.99. The Morgan fingerprint density at radius 2 is 1.90 bits per heavy atom. The summed E-state index contributed by atoms with van der Waals surface area (Å²) >= 11 is 1.47. The number of carboxylic acids is 1. The molecule has 0 bridgehead atoms. The Morgan fingerprint density at radius 1 is 1.23 bits per heavy atom. The molecule has 30 heavy (non-hydrogen) atoms. The molecule has 2 aliphatic rings. The van der Waals surface area contributed by atoms with E-state index < -0.39 is 12.0 Å². The van der Waals surface area contributed by atoms with Gasteiger partial charge in [0.1, 0.15) is 5.82 Å². The first-order valence-electron chi connectivity index (χ1n) is 9.78. The van der Waals surface area contributed by atoms with Gasteiger partial charge in [-0.25, -0.2) is 4.39 Å². The summed E-state index contributed by atoms with van der Waals surface area (Å²) in [7, 11) is 0. The number of halogens is 1. The Morgan fingerprint density at radius 3 is 2.50 bits per heavy atom. The summed E-state index contributed by atoms with van der Waals surface area (Å²) in [4.78, 5) is 36.4. The Labute approximate surface area is 178 Å². The van der Waals surface area contributed by atoms with Crippen molar-refractivity contribution >= 4 is 29.1 Å². The molecule has 1 aromatic carbocycles. The predicted octanol–water partition coefficient (Wildman–Crippen LogP) is 3.98. The highest BCUT2D eigenvalue weighted by Gasteiger charge is 2.40. The zero-order chi connectivity index (χ0) is 21.8. The number of fused-ring (bicyclic) bond motifs is 1. The molecule has 1 fully saturated rings. The Bertz CT molecular complexity index is 949. The van der Waals surface area contributed by atoms with E-state index in [9.17, 15) is 14.0 Å². The summed E-state index contributed by atoms with van der Waals surface area (Å²) in [6, 6.07) is 7.89. The van der Waals surface area contributed by atoms with Crippen molar-refractivity contribution in [2.24, 2.45) is 5.92 Å². The summed E-state index contributed by atoms with van der Waals surface area (Å²) in [6.07, 6.45) is 2.57. The molecule has 1 unspecified atom stereocenters. The quantitative estimate of drug-likeness (QED) is 0.718. The maximum absolute atomic E-state index is 14.4. The van der Waals surface area contributed by atoms with Crippen LogP contribution in [0.5, 0.6) is 5.06 Å². The molecule has 2 heterocycles. The number of carbonyl (C=O) groups is 3. The van der Waals surface area contributed by atoms with Gasteiger partial charge in [0, 0.05) is 43.3 Å². The third kappa shape index (κ3) is 5.52. The Hall–Kier alpha value is -2.58. The van der Waals surface area contributed by atoms with E-state index in [1.54, 1.807) is 18.2 Å². The highest BCUT2D eigenvalue weighted by Crippen LogP contribution is 2.41. The number of benzene rings is 1. The lowest BCUT2D eigenvalue weighted by Crippen LogP contribution is -2.38. The number of esters is 1. The molecule has 0 saturated heterocycles. The molecule has 0 spiro atoms. The highest BCUT2D eigenvalue weighted by molar-refractivity contribution is 7.14. The van der Waals surface area contributed by atoms with Gasteiger partial charge in [0.2, 0.25) is 0 Å². The van der Waals surface area contributed by atoms with Gasteiger partial charge >= 0.3 is 5.97 Å². The summed E-state index contributed by atoms with van der Waals surface area (Å²) in [5.74, 6) is -1.33. The van der Waals surface area contributed by atoms with Crippen molar-refractivity contribution in [2.45, 2.75) is 45.7 Å². The zero-order valence-corrected chi connectivity index (χ0v) is 17.7.